The highest BCUT2D eigenvalue weighted by Gasteiger charge is 2.22. The van der Waals surface area contributed by atoms with Gasteiger partial charge in [-0.3, -0.25) is 9.59 Å². The van der Waals surface area contributed by atoms with E-state index >= 15 is 0 Å². The van der Waals surface area contributed by atoms with E-state index in [-0.39, 0.29) is 28.6 Å². The summed E-state index contributed by atoms with van der Waals surface area (Å²) in [4.78, 5) is 23.4. The van der Waals surface area contributed by atoms with Gasteiger partial charge in [-0.25, -0.2) is 8.42 Å². The van der Waals surface area contributed by atoms with Crippen LogP contribution >= 0.6 is 0 Å². The third-order valence-corrected chi connectivity index (χ3v) is 5.58. The molecule has 0 aliphatic carbocycles. The first-order chi connectivity index (χ1) is 13.8. The van der Waals surface area contributed by atoms with Crippen molar-refractivity contribution in [1.82, 2.24) is 0 Å². The van der Waals surface area contributed by atoms with Crippen molar-refractivity contribution in [2.24, 2.45) is 5.73 Å². The summed E-state index contributed by atoms with van der Waals surface area (Å²) in [6.45, 7) is -0.253. The van der Waals surface area contributed by atoms with Gasteiger partial charge in [0.25, 0.3) is 11.8 Å². The molecule has 150 valence electrons. The van der Waals surface area contributed by atoms with Gasteiger partial charge in [0.15, 0.2) is 22.2 Å². The number of carbonyl (C=O) groups is 2. The first-order valence-electron chi connectivity index (χ1n) is 8.52. The second kappa shape index (κ2) is 8.61. The highest BCUT2D eigenvalue weighted by atomic mass is 32.2. The minimum Gasteiger partial charge on any atom is -0.484 e. The fourth-order valence-corrected chi connectivity index (χ4v) is 3.92. The van der Waals surface area contributed by atoms with E-state index in [0.717, 1.165) is 0 Å². The van der Waals surface area contributed by atoms with E-state index in [1.807, 2.05) is 0 Å². The Kier molecular flexibility index (Phi) is 5.99. The summed E-state index contributed by atoms with van der Waals surface area (Å²) in [5, 5.41) is 2.63. The average Bonchev–Trinajstić information content (AvgIpc) is 3.15. The van der Waals surface area contributed by atoms with Gasteiger partial charge < -0.3 is 20.2 Å². The van der Waals surface area contributed by atoms with Crippen LogP contribution in [0.25, 0.3) is 0 Å². The van der Waals surface area contributed by atoms with Gasteiger partial charge in [0.2, 0.25) is 0 Å². The van der Waals surface area contributed by atoms with E-state index in [4.69, 9.17) is 14.9 Å². The maximum absolute atomic E-state index is 12.6. The number of sulfone groups is 1. The monoisotopic (exact) mass is 414 g/mol. The first-order valence-corrected chi connectivity index (χ1v) is 10.2. The normalized spacial score (nSPS) is 11.0. The third-order valence-electron chi connectivity index (χ3n) is 3.89. The lowest BCUT2D eigenvalue weighted by Gasteiger charge is -2.08. The van der Waals surface area contributed by atoms with Gasteiger partial charge in [-0.15, -0.1) is 0 Å². The van der Waals surface area contributed by atoms with Crippen LogP contribution in [0.15, 0.2) is 76.2 Å². The number of ether oxygens (including phenoxy) is 1. The molecule has 1 aromatic heterocycles. The zero-order valence-electron chi connectivity index (χ0n) is 15.2. The lowest BCUT2D eigenvalue weighted by Crippen LogP contribution is -2.20. The Morgan fingerprint density at radius 1 is 1.00 bits per heavy atom. The lowest BCUT2D eigenvalue weighted by molar-refractivity contribution is -0.119. The zero-order valence-corrected chi connectivity index (χ0v) is 16.0. The molecule has 0 fully saturated rings. The van der Waals surface area contributed by atoms with Crippen molar-refractivity contribution >= 4 is 27.3 Å². The lowest BCUT2D eigenvalue weighted by atomic mass is 10.2. The SMILES string of the molecule is NC(=O)COc1ccc(NC(=O)c2occc2CS(=O)(=O)c2ccccc2)cc1. The van der Waals surface area contributed by atoms with Crippen LogP contribution in [-0.2, 0) is 20.4 Å². The van der Waals surface area contributed by atoms with Crippen molar-refractivity contribution in [3.8, 4) is 5.75 Å². The number of primary amides is 1. The number of amides is 2. The number of hydrogen-bond donors (Lipinski definition) is 2. The minimum absolute atomic E-state index is 0.0847. The van der Waals surface area contributed by atoms with E-state index in [1.165, 1.54) is 24.5 Å². The molecule has 0 bridgehead atoms. The van der Waals surface area contributed by atoms with Crippen molar-refractivity contribution in [2.75, 3.05) is 11.9 Å². The van der Waals surface area contributed by atoms with Gasteiger partial charge in [-0.1, -0.05) is 18.2 Å². The van der Waals surface area contributed by atoms with Crippen LogP contribution in [0.5, 0.6) is 5.75 Å². The summed E-state index contributed by atoms with van der Waals surface area (Å²) >= 11 is 0. The Morgan fingerprint density at radius 3 is 2.34 bits per heavy atom. The molecule has 0 atom stereocenters. The smallest absolute Gasteiger partial charge is 0.291 e. The number of carbonyl (C=O) groups excluding carboxylic acids is 2. The van der Waals surface area contributed by atoms with Gasteiger partial charge in [0, 0.05) is 11.3 Å². The second-order valence-corrected chi connectivity index (χ2v) is 8.07. The third kappa shape index (κ3) is 5.23. The molecule has 29 heavy (non-hydrogen) atoms. The van der Waals surface area contributed by atoms with E-state index < -0.39 is 21.7 Å². The predicted octanol–water partition coefficient (Wildman–Crippen LogP) is 2.37. The Bertz CT molecular complexity index is 1110. The molecule has 0 saturated carbocycles. The quantitative estimate of drug-likeness (QED) is 0.582. The van der Waals surface area contributed by atoms with E-state index in [1.54, 1.807) is 42.5 Å². The average molecular weight is 414 g/mol. The molecular weight excluding hydrogens is 396 g/mol. The first kappa shape index (κ1) is 20.2. The maximum Gasteiger partial charge on any atom is 0.291 e. The predicted molar refractivity (Wildman–Crippen MR) is 105 cm³/mol. The second-order valence-electron chi connectivity index (χ2n) is 6.08. The number of anilines is 1. The largest absolute Gasteiger partial charge is 0.484 e. The summed E-state index contributed by atoms with van der Waals surface area (Å²) in [7, 11) is -3.63. The molecular formula is C20H18N2O6S. The Hall–Kier alpha value is -3.59. The van der Waals surface area contributed by atoms with Gasteiger partial charge >= 0.3 is 0 Å². The molecule has 2 aromatic carbocycles. The molecule has 1 heterocycles. The maximum atomic E-state index is 12.6. The summed E-state index contributed by atoms with van der Waals surface area (Å²) in [5.41, 5.74) is 5.71. The number of nitrogens with one attached hydrogen (secondary N) is 1. The highest BCUT2D eigenvalue weighted by molar-refractivity contribution is 7.90. The fourth-order valence-electron chi connectivity index (χ4n) is 2.54. The van der Waals surface area contributed by atoms with Crippen molar-refractivity contribution in [3.05, 3.63) is 78.3 Å². The van der Waals surface area contributed by atoms with Crippen LogP contribution in [0.3, 0.4) is 0 Å². The van der Waals surface area contributed by atoms with Crippen molar-refractivity contribution in [1.29, 1.82) is 0 Å². The Morgan fingerprint density at radius 2 is 1.69 bits per heavy atom. The van der Waals surface area contributed by atoms with E-state index in [9.17, 15) is 18.0 Å². The topological polar surface area (TPSA) is 129 Å². The van der Waals surface area contributed by atoms with E-state index in [0.29, 0.717) is 11.4 Å². The molecule has 0 saturated heterocycles. The van der Waals surface area contributed by atoms with Crippen LogP contribution in [0.1, 0.15) is 16.1 Å². The van der Waals surface area contributed by atoms with Crippen molar-refractivity contribution < 1.29 is 27.2 Å². The van der Waals surface area contributed by atoms with Crippen LogP contribution in [0.4, 0.5) is 5.69 Å². The molecule has 0 aliphatic rings. The summed E-state index contributed by atoms with van der Waals surface area (Å²) < 4.78 is 35.5. The van der Waals surface area contributed by atoms with Crippen molar-refractivity contribution in [3.63, 3.8) is 0 Å². The van der Waals surface area contributed by atoms with Crippen LogP contribution in [0.2, 0.25) is 0 Å². The molecule has 8 nitrogen and oxygen atoms in total. The molecule has 3 rings (SSSR count). The molecule has 0 spiro atoms. The summed E-state index contributed by atoms with van der Waals surface area (Å²) in [5.74, 6) is -1.22. The molecule has 0 radical (unpaired) electrons. The van der Waals surface area contributed by atoms with Crippen LogP contribution in [0, 0.1) is 0 Å². The highest BCUT2D eigenvalue weighted by Crippen LogP contribution is 2.22. The Labute approximate surface area is 167 Å². The Balaban J connectivity index is 1.70. The van der Waals surface area contributed by atoms with Gasteiger partial charge in [-0.05, 0) is 42.5 Å². The van der Waals surface area contributed by atoms with E-state index in [2.05, 4.69) is 5.32 Å². The molecule has 3 aromatic rings. The molecule has 9 heteroatoms. The number of rotatable bonds is 8. The number of furan rings is 1. The molecule has 0 aliphatic heterocycles. The summed E-state index contributed by atoms with van der Waals surface area (Å²) in [6, 6.07) is 15.7. The number of benzene rings is 2. The molecule has 0 unspecified atom stereocenters. The van der Waals surface area contributed by atoms with Crippen LogP contribution in [-0.4, -0.2) is 26.8 Å². The minimum atomic E-state index is -3.63. The van der Waals surface area contributed by atoms with Gasteiger partial charge in [0.05, 0.1) is 16.9 Å². The summed E-state index contributed by atoms with van der Waals surface area (Å²) in [6.07, 6.45) is 1.27. The van der Waals surface area contributed by atoms with Crippen LogP contribution < -0.4 is 15.8 Å². The fraction of sp³-hybridized carbons (Fsp3) is 0.100. The van der Waals surface area contributed by atoms with Gasteiger partial charge in [0.1, 0.15) is 5.75 Å². The van der Waals surface area contributed by atoms with Crippen molar-refractivity contribution in [2.45, 2.75) is 10.6 Å². The molecule has 3 N–H and O–H groups in total. The zero-order chi connectivity index (χ0) is 20.9. The number of nitrogens with two attached hydrogens (primary N) is 1. The number of hydrogen-bond acceptors (Lipinski definition) is 6. The van der Waals surface area contributed by atoms with Gasteiger partial charge in [-0.2, -0.15) is 0 Å². The standard InChI is InChI=1S/C20H18N2O6S/c21-18(23)12-28-16-8-6-15(7-9-16)22-20(24)19-14(10-11-27-19)13-29(25,26)17-4-2-1-3-5-17/h1-11H,12-13H2,(H2,21,23)(H,22,24). The molecule has 2 amide bonds.